The van der Waals surface area contributed by atoms with Crippen molar-refractivity contribution in [3.05, 3.63) is 59.0 Å². The second-order valence-corrected chi connectivity index (χ2v) is 7.62. The van der Waals surface area contributed by atoms with Gasteiger partial charge in [0.1, 0.15) is 11.4 Å². The minimum Gasteiger partial charge on any atom is -0.506 e. The van der Waals surface area contributed by atoms with E-state index >= 15 is 0 Å². The summed E-state index contributed by atoms with van der Waals surface area (Å²) in [5, 5.41) is 22.7. The topological polar surface area (TPSA) is 59.0 Å². The molecule has 0 bridgehead atoms. The van der Waals surface area contributed by atoms with Gasteiger partial charge >= 0.3 is 0 Å². The van der Waals surface area contributed by atoms with Gasteiger partial charge in [-0.05, 0) is 77.7 Å². The summed E-state index contributed by atoms with van der Waals surface area (Å²) in [4.78, 5) is 0. The first-order valence-corrected chi connectivity index (χ1v) is 9.47. The molecule has 1 saturated heterocycles. The number of anilines is 1. The van der Waals surface area contributed by atoms with Gasteiger partial charge in [-0.1, -0.05) is 24.3 Å². The normalized spacial score (nSPS) is 20.0. The van der Waals surface area contributed by atoms with Crippen LogP contribution in [0.4, 0.5) is 10.1 Å². The second kappa shape index (κ2) is 6.25. The van der Waals surface area contributed by atoms with E-state index in [-0.39, 0.29) is 11.4 Å². The molecule has 0 radical (unpaired) electrons. The van der Waals surface area contributed by atoms with Gasteiger partial charge in [0.05, 0.1) is 12.2 Å². The Morgan fingerprint density at radius 2 is 1.78 bits per heavy atom. The van der Waals surface area contributed by atoms with E-state index in [2.05, 4.69) is 17.6 Å². The molecule has 2 aromatic carbocycles. The predicted octanol–water partition coefficient (Wildman–Crippen LogP) is 4.44. The van der Waals surface area contributed by atoms with E-state index in [4.69, 9.17) is 0 Å². The number of hydrogen-bond acceptors (Lipinski definition) is 5. The van der Waals surface area contributed by atoms with Crippen LogP contribution in [-0.4, -0.2) is 22.1 Å². The number of rotatable bonds is 3. The van der Waals surface area contributed by atoms with Crippen molar-refractivity contribution in [3.63, 3.8) is 0 Å². The summed E-state index contributed by atoms with van der Waals surface area (Å²) < 4.78 is 14.9. The molecule has 140 valence electrons. The second-order valence-electron chi connectivity index (χ2n) is 7.62. The quantitative estimate of drug-likeness (QED) is 0.749. The maximum absolute atomic E-state index is 14.9. The summed E-state index contributed by atoms with van der Waals surface area (Å²) in [5.41, 5.74) is 7.72. The van der Waals surface area contributed by atoms with Gasteiger partial charge in [-0.15, -0.1) is 0 Å². The van der Waals surface area contributed by atoms with E-state index in [0.717, 1.165) is 35.8 Å². The highest BCUT2D eigenvalue weighted by Gasteiger charge is 2.32. The van der Waals surface area contributed by atoms with E-state index in [9.17, 15) is 14.7 Å². The fourth-order valence-corrected chi connectivity index (χ4v) is 3.82. The fourth-order valence-electron chi connectivity index (χ4n) is 3.82. The molecule has 1 aliphatic heterocycles. The molecule has 0 aromatic heterocycles. The average molecular weight is 367 g/mol. The highest BCUT2D eigenvalue weighted by molar-refractivity contribution is 5.72. The minimum absolute atomic E-state index is 0.0294. The molecule has 2 saturated carbocycles. The van der Waals surface area contributed by atoms with Crippen molar-refractivity contribution >= 4 is 5.69 Å². The number of allylic oxidation sites excluding steroid dienone is 1. The van der Waals surface area contributed by atoms with Gasteiger partial charge < -0.3 is 5.11 Å². The summed E-state index contributed by atoms with van der Waals surface area (Å²) in [6.07, 6.45) is 5.61. The third kappa shape index (κ3) is 2.95. The first-order chi connectivity index (χ1) is 13.1. The van der Waals surface area contributed by atoms with Crippen molar-refractivity contribution in [2.24, 2.45) is 0 Å². The lowest BCUT2D eigenvalue weighted by Gasteiger charge is -2.23. The fraction of sp³-hybridized carbons (Fsp3) is 0.333. The predicted molar refractivity (Wildman–Crippen MR) is 100 cm³/mol. The molecule has 5 rings (SSSR count). The Kier molecular flexibility index (Phi) is 3.84. The maximum atomic E-state index is 14.9. The molecule has 27 heavy (non-hydrogen) atoms. The number of hydrazine groups is 2. The van der Waals surface area contributed by atoms with Crippen molar-refractivity contribution in [2.45, 2.75) is 38.0 Å². The zero-order valence-corrected chi connectivity index (χ0v) is 15.0. The third-order valence-corrected chi connectivity index (χ3v) is 5.75. The molecule has 5 nitrogen and oxygen atoms in total. The van der Waals surface area contributed by atoms with Gasteiger partial charge in [-0.25, -0.2) is 4.39 Å². The van der Waals surface area contributed by atoms with Crippen molar-refractivity contribution in [2.75, 3.05) is 11.6 Å². The van der Waals surface area contributed by atoms with Crippen LogP contribution < -0.4 is 10.4 Å². The van der Waals surface area contributed by atoms with Gasteiger partial charge in [0, 0.05) is 0 Å². The van der Waals surface area contributed by atoms with Crippen LogP contribution in [0.15, 0.2) is 47.7 Å². The van der Waals surface area contributed by atoms with Crippen LogP contribution >= 0.6 is 0 Å². The maximum Gasteiger partial charge on any atom is 0.152 e. The SMILES string of the molecule is Oc1cc(-c2ccc(C3CC3)cc2)cc(F)c1N1CC(=C2CCC2)NN1O. The number of aromatic hydroxyl groups is 1. The smallest absolute Gasteiger partial charge is 0.152 e. The molecule has 2 aromatic rings. The van der Waals surface area contributed by atoms with Crippen molar-refractivity contribution in [1.29, 1.82) is 0 Å². The van der Waals surface area contributed by atoms with Crippen LogP contribution in [-0.2, 0) is 0 Å². The Labute approximate surface area is 157 Å². The monoisotopic (exact) mass is 367 g/mol. The number of nitrogens with one attached hydrogen (secondary N) is 1. The molecule has 3 N–H and O–H groups in total. The highest BCUT2D eigenvalue weighted by Crippen LogP contribution is 2.42. The van der Waals surface area contributed by atoms with Gasteiger partial charge in [0.25, 0.3) is 0 Å². The molecule has 0 atom stereocenters. The minimum atomic E-state index is -0.572. The average Bonchev–Trinajstić information content (AvgIpc) is 3.38. The first-order valence-electron chi connectivity index (χ1n) is 9.47. The molecule has 3 aliphatic rings. The highest BCUT2D eigenvalue weighted by atomic mass is 19.1. The van der Waals surface area contributed by atoms with E-state index < -0.39 is 5.82 Å². The van der Waals surface area contributed by atoms with Gasteiger partial charge in [0.15, 0.2) is 5.82 Å². The summed E-state index contributed by atoms with van der Waals surface area (Å²) in [6.45, 7) is 0.311. The molecule has 0 spiro atoms. The molecular weight excluding hydrogens is 345 g/mol. The lowest BCUT2D eigenvalue weighted by atomic mass is 9.90. The molecule has 2 aliphatic carbocycles. The molecule has 0 amide bonds. The number of halogens is 1. The Hall–Kier alpha value is -2.57. The zero-order chi connectivity index (χ0) is 18.5. The molecule has 1 heterocycles. The number of hydrogen-bond donors (Lipinski definition) is 3. The Morgan fingerprint density at radius 3 is 2.37 bits per heavy atom. The molecular formula is C21H22FN3O2. The number of nitrogens with zero attached hydrogens (tertiary/aromatic N) is 2. The summed E-state index contributed by atoms with van der Waals surface area (Å²) >= 11 is 0. The lowest BCUT2D eigenvalue weighted by Crippen LogP contribution is -2.39. The largest absolute Gasteiger partial charge is 0.506 e. The van der Waals surface area contributed by atoms with Crippen LogP contribution in [0.25, 0.3) is 11.1 Å². The molecule has 3 fully saturated rings. The van der Waals surface area contributed by atoms with Gasteiger partial charge in [0.2, 0.25) is 0 Å². The molecule has 0 unspecified atom stereocenters. The van der Waals surface area contributed by atoms with Crippen LogP contribution in [0, 0.1) is 5.82 Å². The van der Waals surface area contributed by atoms with Crippen LogP contribution in [0.1, 0.15) is 43.6 Å². The number of phenols is 1. The van der Waals surface area contributed by atoms with E-state index in [1.54, 1.807) is 6.07 Å². The third-order valence-electron chi connectivity index (χ3n) is 5.75. The van der Waals surface area contributed by atoms with Crippen LogP contribution in [0.3, 0.4) is 0 Å². The van der Waals surface area contributed by atoms with Crippen LogP contribution in [0.2, 0.25) is 0 Å². The Morgan fingerprint density at radius 1 is 1.04 bits per heavy atom. The van der Waals surface area contributed by atoms with Crippen molar-refractivity contribution in [1.82, 2.24) is 10.7 Å². The Bertz CT molecular complexity index is 893. The van der Waals surface area contributed by atoms with E-state index in [1.165, 1.54) is 35.1 Å². The first kappa shape index (κ1) is 16.6. The van der Waals surface area contributed by atoms with Crippen molar-refractivity contribution in [3.8, 4) is 16.9 Å². The van der Waals surface area contributed by atoms with Crippen molar-refractivity contribution < 1.29 is 14.7 Å². The van der Waals surface area contributed by atoms with Gasteiger partial charge in [-0.2, -0.15) is 0 Å². The number of phenolic OH excluding ortho intramolecular Hbond substituents is 1. The standard InChI is InChI=1S/C21H22FN3O2/c22-18-10-17(15-8-6-14(7-9-15)13-4-5-13)11-20(26)21(18)24-12-19(23-25(24)27)16-2-1-3-16/h6-11,13,23,26-27H,1-5,12H2. The van der Waals surface area contributed by atoms with Crippen LogP contribution in [0.5, 0.6) is 5.75 Å². The van der Waals surface area contributed by atoms with E-state index in [0.29, 0.717) is 18.0 Å². The number of benzene rings is 2. The summed E-state index contributed by atoms with van der Waals surface area (Å²) in [5.74, 6) is -0.0993. The van der Waals surface area contributed by atoms with Gasteiger partial charge in [-0.3, -0.25) is 15.6 Å². The molecule has 6 heteroatoms. The van der Waals surface area contributed by atoms with E-state index in [1.807, 2.05) is 12.1 Å². The summed E-state index contributed by atoms with van der Waals surface area (Å²) in [6, 6.07) is 11.0. The zero-order valence-electron chi connectivity index (χ0n) is 15.0. The Balaban J connectivity index is 1.44. The summed E-state index contributed by atoms with van der Waals surface area (Å²) in [7, 11) is 0. The lowest BCUT2D eigenvalue weighted by molar-refractivity contribution is -0.119.